The summed E-state index contributed by atoms with van der Waals surface area (Å²) in [6.45, 7) is 11.0. The molecule has 2 aromatic carbocycles. The van der Waals surface area contributed by atoms with Gasteiger partial charge in [0.05, 0.1) is 16.1 Å². The van der Waals surface area contributed by atoms with E-state index in [2.05, 4.69) is 17.0 Å². The predicted octanol–water partition coefficient (Wildman–Crippen LogP) is 6.82. The van der Waals surface area contributed by atoms with E-state index in [-0.39, 0.29) is 12.1 Å². The maximum Gasteiger partial charge on any atom is 0.410 e. The zero-order chi connectivity index (χ0) is 22.5. The summed E-state index contributed by atoms with van der Waals surface area (Å²) in [4.78, 5) is 16.6. The molecule has 1 amide bonds. The minimum absolute atomic E-state index is 0.0209. The minimum atomic E-state index is -0.516. The first kappa shape index (κ1) is 24.4. The second-order valence-electron chi connectivity index (χ2n) is 8.21. The number of carbonyl (C=O) groups excluding carboxylic acids is 1. The van der Waals surface area contributed by atoms with Crippen LogP contribution < -0.4 is 4.90 Å². The van der Waals surface area contributed by atoms with Gasteiger partial charge in [0, 0.05) is 25.8 Å². The highest BCUT2D eigenvalue weighted by molar-refractivity contribution is 6.42. The van der Waals surface area contributed by atoms with Crippen LogP contribution >= 0.6 is 23.2 Å². The molecular weight excluding hydrogens is 419 g/mol. The molecule has 1 aliphatic heterocycles. The Kier molecular flexibility index (Phi) is 8.45. The number of halogens is 2. The number of ether oxygens (including phenoxy) is 1. The predicted molar refractivity (Wildman–Crippen MR) is 127 cm³/mol. The van der Waals surface area contributed by atoms with Gasteiger partial charge in [-0.2, -0.15) is 0 Å². The number of nitrogens with zero attached hydrogens (tertiary/aromatic N) is 2. The molecule has 0 N–H and O–H groups in total. The van der Waals surface area contributed by atoms with E-state index in [4.69, 9.17) is 27.9 Å². The van der Waals surface area contributed by atoms with Crippen LogP contribution in [-0.2, 0) is 17.7 Å². The number of amides is 1. The van der Waals surface area contributed by atoms with E-state index >= 15 is 0 Å². The quantitative estimate of drug-likeness (QED) is 0.514. The van der Waals surface area contributed by atoms with Crippen molar-refractivity contribution in [2.45, 2.75) is 59.2 Å². The zero-order valence-electron chi connectivity index (χ0n) is 18.7. The number of anilines is 1. The molecule has 6 heteroatoms. The summed E-state index contributed by atoms with van der Waals surface area (Å²) in [7, 11) is 1.81. The molecule has 1 unspecified atom stereocenters. The fourth-order valence-electron chi connectivity index (χ4n) is 3.41. The van der Waals surface area contributed by atoms with Gasteiger partial charge in [0.25, 0.3) is 0 Å². The van der Waals surface area contributed by atoms with Crippen LogP contribution in [0.3, 0.4) is 0 Å². The van der Waals surface area contributed by atoms with Gasteiger partial charge in [-0.1, -0.05) is 61.3 Å². The first-order chi connectivity index (χ1) is 14.1. The lowest BCUT2D eigenvalue weighted by atomic mass is 9.96. The lowest BCUT2D eigenvalue weighted by Crippen LogP contribution is -2.50. The Morgan fingerprint density at radius 2 is 1.80 bits per heavy atom. The summed E-state index contributed by atoms with van der Waals surface area (Å²) in [5, 5.41) is 1.10. The maximum absolute atomic E-state index is 12.6. The molecule has 164 valence electrons. The van der Waals surface area contributed by atoms with Crippen LogP contribution in [-0.4, -0.2) is 36.2 Å². The van der Waals surface area contributed by atoms with Crippen molar-refractivity contribution in [3.8, 4) is 0 Å². The Bertz CT molecular complexity index is 865. The SMILES string of the molecule is CC.CN(C(=O)OC(C)(C)C)C1Cc2ccccc2N(Cc2ccc(Cl)c(Cl)c2)C1. The molecule has 0 fully saturated rings. The highest BCUT2D eigenvalue weighted by Gasteiger charge is 2.31. The van der Waals surface area contributed by atoms with Crippen LogP contribution in [0.4, 0.5) is 10.5 Å². The fourth-order valence-corrected chi connectivity index (χ4v) is 3.73. The monoisotopic (exact) mass is 450 g/mol. The first-order valence-electron chi connectivity index (χ1n) is 10.4. The molecule has 1 heterocycles. The van der Waals surface area contributed by atoms with Crippen molar-refractivity contribution in [3.63, 3.8) is 0 Å². The Morgan fingerprint density at radius 3 is 2.43 bits per heavy atom. The van der Waals surface area contributed by atoms with Gasteiger partial charge in [-0.25, -0.2) is 4.79 Å². The summed E-state index contributed by atoms with van der Waals surface area (Å²) in [5.74, 6) is 0. The molecule has 0 saturated heterocycles. The number of carbonyl (C=O) groups is 1. The maximum atomic E-state index is 12.6. The average molecular weight is 451 g/mol. The van der Waals surface area contributed by atoms with Crippen LogP contribution in [0.2, 0.25) is 10.0 Å². The molecule has 30 heavy (non-hydrogen) atoms. The molecule has 2 aromatic rings. The molecule has 0 aromatic heterocycles. The first-order valence-corrected chi connectivity index (χ1v) is 11.1. The molecule has 1 aliphatic rings. The summed E-state index contributed by atoms with van der Waals surface area (Å²) < 4.78 is 5.56. The average Bonchev–Trinajstić information content (AvgIpc) is 2.70. The molecule has 0 radical (unpaired) electrons. The summed E-state index contributed by atoms with van der Waals surface area (Å²) in [6.07, 6.45) is 0.496. The molecule has 0 saturated carbocycles. The van der Waals surface area contributed by atoms with E-state index in [1.165, 1.54) is 11.3 Å². The molecule has 4 nitrogen and oxygen atoms in total. The molecule has 0 spiro atoms. The largest absolute Gasteiger partial charge is 0.444 e. The normalized spacial score (nSPS) is 15.6. The molecule has 0 aliphatic carbocycles. The van der Waals surface area contributed by atoms with Crippen molar-refractivity contribution in [1.82, 2.24) is 4.90 Å². The van der Waals surface area contributed by atoms with Gasteiger partial charge in [0.2, 0.25) is 0 Å². The number of para-hydroxylation sites is 1. The Hall–Kier alpha value is -1.91. The highest BCUT2D eigenvalue weighted by atomic mass is 35.5. The van der Waals surface area contributed by atoms with E-state index in [0.717, 1.165) is 12.0 Å². The van der Waals surface area contributed by atoms with Gasteiger partial charge >= 0.3 is 6.09 Å². The van der Waals surface area contributed by atoms with Gasteiger partial charge in [0.15, 0.2) is 0 Å². The van der Waals surface area contributed by atoms with Gasteiger partial charge in [-0.15, -0.1) is 0 Å². The molecule has 3 rings (SSSR count). The van der Waals surface area contributed by atoms with E-state index in [9.17, 15) is 4.79 Å². The number of fused-ring (bicyclic) bond motifs is 1. The van der Waals surface area contributed by atoms with Crippen LogP contribution in [0.25, 0.3) is 0 Å². The summed E-state index contributed by atoms with van der Waals surface area (Å²) >= 11 is 12.2. The van der Waals surface area contributed by atoms with Gasteiger partial charge in [0.1, 0.15) is 5.60 Å². The Labute approximate surface area is 190 Å². The fraction of sp³-hybridized carbons (Fsp3) is 0.458. The van der Waals surface area contributed by atoms with E-state index in [1.54, 1.807) is 4.90 Å². The zero-order valence-corrected chi connectivity index (χ0v) is 20.2. The third-order valence-electron chi connectivity index (χ3n) is 4.81. The molecular formula is C24H32Cl2N2O2. The topological polar surface area (TPSA) is 32.8 Å². The van der Waals surface area contributed by atoms with Crippen molar-refractivity contribution in [3.05, 3.63) is 63.6 Å². The number of hydrogen-bond donors (Lipinski definition) is 0. The third kappa shape index (κ3) is 6.29. The number of hydrogen-bond acceptors (Lipinski definition) is 3. The van der Waals surface area contributed by atoms with Crippen LogP contribution in [0.15, 0.2) is 42.5 Å². The van der Waals surface area contributed by atoms with Crippen molar-refractivity contribution in [2.75, 3.05) is 18.5 Å². The number of rotatable bonds is 3. The lowest BCUT2D eigenvalue weighted by Gasteiger charge is -2.40. The van der Waals surface area contributed by atoms with Crippen LogP contribution in [0.5, 0.6) is 0 Å². The van der Waals surface area contributed by atoms with Gasteiger partial charge < -0.3 is 14.5 Å². The standard InChI is InChI=1S/C22H26Cl2N2O2.C2H6/c1-22(2,3)28-21(27)25(4)17-12-16-7-5-6-8-20(16)26(14-17)13-15-9-10-18(23)19(24)11-15;1-2/h5-11,17H,12-14H2,1-4H3;1-2H3. The smallest absolute Gasteiger partial charge is 0.410 e. The Morgan fingerprint density at radius 1 is 1.13 bits per heavy atom. The third-order valence-corrected chi connectivity index (χ3v) is 5.54. The minimum Gasteiger partial charge on any atom is -0.444 e. The highest BCUT2D eigenvalue weighted by Crippen LogP contribution is 2.31. The van der Waals surface area contributed by atoms with Crippen molar-refractivity contribution >= 4 is 35.0 Å². The van der Waals surface area contributed by atoms with E-state index in [0.29, 0.717) is 23.1 Å². The summed E-state index contributed by atoms with van der Waals surface area (Å²) in [6, 6.07) is 14.0. The lowest BCUT2D eigenvalue weighted by molar-refractivity contribution is 0.0223. The van der Waals surface area contributed by atoms with Crippen molar-refractivity contribution in [1.29, 1.82) is 0 Å². The Balaban J connectivity index is 0.00000155. The second-order valence-corrected chi connectivity index (χ2v) is 9.02. The van der Waals surface area contributed by atoms with Crippen LogP contribution in [0, 0.1) is 0 Å². The van der Waals surface area contributed by atoms with E-state index in [1.807, 2.05) is 72.0 Å². The number of likely N-dealkylation sites (N-methyl/N-ethyl adjacent to an activating group) is 1. The van der Waals surface area contributed by atoms with Crippen LogP contribution in [0.1, 0.15) is 45.7 Å². The molecule has 1 atom stereocenters. The summed E-state index contributed by atoms with van der Waals surface area (Å²) in [5.41, 5.74) is 2.96. The molecule has 0 bridgehead atoms. The second kappa shape index (κ2) is 10.4. The van der Waals surface area contributed by atoms with E-state index < -0.39 is 5.60 Å². The van der Waals surface area contributed by atoms with Gasteiger partial charge in [-0.3, -0.25) is 0 Å². The van der Waals surface area contributed by atoms with Crippen molar-refractivity contribution < 1.29 is 9.53 Å². The van der Waals surface area contributed by atoms with Gasteiger partial charge in [-0.05, 0) is 56.5 Å². The number of benzene rings is 2. The van der Waals surface area contributed by atoms with Crippen molar-refractivity contribution in [2.24, 2.45) is 0 Å².